The molecule has 0 aliphatic rings. The number of nitrogens with zero attached hydrogens (tertiary/aromatic N) is 1. The minimum atomic E-state index is -0.784. The summed E-state index contributed by atoms with van der Waals surface area (Å²) in [6.45, 7) is 8.78. The summed E-state index contributed by atoms with van der Waals surface area (Å²) < 4.78 is 21.0. The molecule has 0 bridgehead atoms. The van der Waals surface area contributed by atoms with Crippen LogP contribution in [0.2, 0.25) is 0 Å². The normalized spacial score (nSPS) is 10.8. The van der Waals surface area contributed by atoms with Gasteiger partial charge in [-0.15, -0.1) is 0 Å². The first-order valence-electron chi connectivity index (χ1n) is 10.7. The van der Waals surface area contributed by atoms with Gasteiger partial charge in [-0.1, -0.05) is 27.7 Å². The second-order valence-electron chi connectivity index (χ2n) is 8.35. The standard InChI is InChI=1S/C24H32N2O7/c1-15(2)12-26(13-16(3)4)22(27)14-33-24(29)17-10-20(30-5)21(31-6)11-18(17)25-23(28)19-8-7-9-32-19/h7-11,15-16H,12-14H2,1-6H3,(H,25,28). The average molecular weight is 461 g/mol. The van der Waals surface area contributed by atoms with Crippen LogP contribution in [0.3, 0.4) is 0 Å². The van der Waals surface area contributed by atoms with Crippen molar-refractivity contribution in [3.05, 3.63) is 41.9 Å². The summed E-state index contributed by atoms with van der Waals surface area (Å²) in [5, 5.41) is 2.62. The third-order valence-electron chi connectivity index (χ3n) is 4.59. The highest BCUT2D eigenvalue weighted by Crippen LogP contribution is 2.34. The van der Waals surface area contributed by atoms with E-state index in [4.69, 9.17) is 18.6 Å². The third kappa shape index (κ3) is 7.27. The maximum absolute atomic E-state index is 12.9. The van der Waals surface area contributed by atoms with Crippen LogP contribution < -0.4 is 14.8 Å². The van der Waals surface area contributed by atoms with Gasteiger partial charge in [0.25, 0.3) is 11.8 Å². The number of nitrogens with one attached hydrogen (secondary N) is 1. The van der Waals surface area contributed by atoms with Crippen molar-refractivity contribution in [3.8, 4) is 11.5 Å². The Labute approximate surface area is 194 Å². The number of esters is 1. The molecule has 33 heavy (non-hydrogen) atoms. The van der Waals surface area contributed by atoms with Gasteiger partial charge in [0, 0.05) is 25.2 Å². The Kier molecular flexibility index (Phi) is 9.32. The maximum Gasteiger partial charge on any atom is 0.340 e. The fourth-order valence-electron chi connectivity index (χ4n) is 3.20. The number of benzene rings is 1. The second-order valence-corrected chi connectivity index (χ2v) is 8.35. The lowest BCUT2D eigenvalue weighted by molar-refractivity contribution is -0.135. The number of furan rings is 1. The van der Waals surface area contributed by atoms with Gasteiger partial charge in [-0.25, -0.2) is 4.79 Å². The van der Waals surface area contributed by atoms with Crippen molar-refractivity contribution in [2.75, 3.05) is 39.2 Å². The smallest absolute Gasteiger partial charge is 0.340 e. The van der Waals surface area contributed by atoms with Gasteiger partial charge >= 0.3 is 5.97 Å². The van der Waals surface area contributed by atoms with Crippen molar-refractivity contribution < 1.29 is 33.0 Å². The molecule has 1 aromatic heterocycles. The minimum Gasteiger partial charge on any atom is -0.493 e. The Morgan fingerprint density at radius 2 is 1.61 bits per heavy atom. The first kappa shape index (κ1) is 25.8. The summed E-state index contributed by atoms with van der Waals surface area (Å²) in [5.41, 5.74) is 0.146. The van der Waals surface area contributed by atoms with E-state index >= 15 is 0 Å². The molecule has 1 N–H and O–H groups in total. The summed E-state index contributed by atoms with van der Waals surface area (Å²) in [6, 6.07) is 5.90. The summed E-state index contributed by atoms with van der Waals surface area (Å²) in [7, 11) is 2.86. The zero-order valence-electron chi connectivity index (χ0n) is 20.0. The fourth-order valence-corrected chi connectivity index (χ4v) is 3.20. The van der Waals surface area contributed by atoms with Gasteiger partial charge in [0.1, 0.15) is 0 Å². The monoisotopic (exact) mass is 460 g/mol. The number of anilines is 1. The number of hydrogen-bond donors (Lipinski definition) is 1. The predicted molar refractivity (Wildman–Crippen MR) is 123 cm³/mol. The van der Waals surface area contributed by atoms with Crippen molar-refractivity contribution in [1.29, 1.82) is 0 Å². The van der Waals surface area contributed by atoms with Crippen LogP contribution in [-0.2, 0) is 9.53 Å². The van der Waals surface area contributed by atoms with E-state index in [1.54, 1.807) is 11.0 Å². The number of carbonyl (C=O) groups is 3. The Hall–Kier alpha value is -3.49. The van der Waals surface area contributed by atoms with Gasteiger partial charge in [0.15, 0.2) is 23.9 Å². The Morgan fingerprint density at radius 1 is 1.00 bits per heavy atom. The molecule has 0 aliphatic carbocycles. The molecule has 0 atom stereocenters. The lowest BCUT2D eigenvalue weighted by atomic mass is 10.1. The molecule has 0 saturated heterocycles. The van der Waals surface area contributed by atoms with E-state index < -0.39 is 18.5 Å². The van der Waals surface area contributed by atoms with Gasteiger partial charge in [0.2, 0.25) is 0 Å². The number of amides is 2. The molecule has 2 amide bonds. The quantitative estimate of drug-likeness (QED) is 0.508. The predicted octanol–water partition coefficient (Wildman–Crippen LogP) is 3.85. The van der Waals surface area contributed by atoms with Crippen LogP contribution in [0, 0.1) is 11.8 Å². The Balaban J connectivity index is 2.24. The topological polar surface area (TPSA) is 107 Å². The molecule has 2 aromatic rings. The first-order chi connectivity index (χ1) is 15.7. The number of hydrogen-bond acceptors (Lipinski definition) is 7. The highest BCUT2D eigenvalue weighted by molar-refractivity contribution is 6.07. The lowest BCUT2D eigenvalue weighted by Crippen LogP contribution is -2.39. The van der Waals surface area contributed by atoms with Crippen LogP contribution in [0.15, 0.2) is 34.9 Å². The molecule has 0 radical (unpaired) electrons. The van der Waals surface area contributed by atoms with E-state index in [0.717, 1.165) is 0 Å². The van der Waals surface area contributed by atoms with Gasteiger partial charge in [0.05, 0.1) is 31.7 Å². The van der Waals surface area contributed by atoms with Crippen LogP contribution in [0.1, 0.15) is 48.6 Å². The van der Waals surface area contributed by atoms with E-state index in [9.17, 15) is 14.4 Å². The Morgan fingerprint density at radius 3 is 2.12 bits per heavy atom. The van der Waals surface area contributed by atoms with Crippen LogP contribution in [0.25, 0.3) is 0 Å². The van der Waals surface area contributed by atoms with E-state index in [1.165, 1.54) is 38.7 Å². The summed E-state index contributed by atoms with van der Waals surface area (Å²) >= 11 is 0. The molecule has 9 heteroatoms. The molecule has 9 nitrogen and oxygen atoms in total. The van der Waals surface area contributed by atoms with Gasteiger partial charge < -0.3 is 28.8 Å². The van der Waals surface area contributed by atoms with E-state index in [0.29, 0.717) is 18.8 Å². The van der Waals surface area contributed by atoms with E-state index in [-0.39, 0.29) is 40.5 Å². The lowest BCUT2D eigenvalue weighted by Gasteiger charge is -2.26. The zero-order valence-corrected chi connectivity index (χ0v) is 20.0. The molecule has 0 saturated carbocycles. The number of methoxy groups -OCH3 is 2. The number of rotatable bonds is 11. The highest BCUT2D eigenvalue weighted by atomic mass is 16.5. The molecule has 0 fully saturated rings. The Bertz CT molecular complexity index is 942. The van der Waals surface area contributed by atoms with Crippen LogP contribution in [0.4, 0.5) is 5.69 Å². The van der Waals surface area contributed by atoms with Crippen molar-refractivity contribution in [3.63, 3.8) is 0 Å². The van der Waals surface area contributed by atoms with Crippen molar-refractivity contribution in [1.82, 2.24) is 4.90 Å². The zero-order chi connectivity index (χ0) is 24.5. The molecular weight excluding hydrogens is 428 g/mol. The molecule has 0 unspecified atom stereocenters. The van der Waals surface area contributed by atoms with E-state index in [1.807, 2.05) is 27.7 Å². The molecule has 1 heterocycles. The first-order valence-corrected chi connectivity index (χ1v) is 10.7. The SMILES string of the molecule is COc1cc(NC(=O)c2ccco2)c(C(=O)OCC(=O)N(CC(C)C)CC(C)C)cc1OC. The van der Waals surface area contributed by atoms with Gasteiger partial charge in [-0.05, 0) is 24.0 Å². The molecular formula is C24H32N2O7. The average Bonchev–Trinajstić information content (AvgIpc) is 3.31. The maximum atomic E-state index is 12.9. The second kappa shape index (κ2) is 11.9. The minimum absolute atomic E-state index is 0.0135. The van der Waals surface area contributed by atoms with Gasteiger partial charge in [-0.3, -0.25) is 9.59 Å². The van der Waals surface area contributed by atoms with Crippen LogP contribution in [-0.4, -0.2) is 56.6 Å². The fraction of sp³-hybridized carbons (Fsp3) is 0.458. The largest absolute Gasteiger partial charge is 0.493 e. The van der Waals surface area contributed by atoms with Crippen molar-refractivity contribution in [2.45, 2.75) is 27.7 Å². The van der Waals surface area contributed by atoms with Crippen LogP contribution >= 0.6 is 0 Å². The molecule has 180 valence electrons. The highest BCUT2D eigenvalue weighted by Gasteiger charge is 2.23. The number of carbonyl (C=O) groups excluding carboxylic acids is 3. The molecule has 1 aromatic carbocycles. The number of ether oxygens (including phenoxy) is 3. The van der Waals surface area contributed by atoms with Crippen molar-refractivity contribution >= 4 is 23.5 Å². The van der Waals surface area contributed by atoms with Gasteiger partial charge in [-0.2, -0.15) is 0 Å². The van der Waals surface area contributed by atoms with E-state index in [2.05, 4.69) is 5.32 Å². The summed E-state index contributed by atoms with van der Waals surface area (Å²) in [5.74, 6) is -0.432. The van der Waals surface area contributed by atoms with Crippen LogP contribution in [0.5, 0.6) is 11.5 Å². The third-order valence-corrected chi connectivity index (χ3v) is 4.59. The molecule has 0 spiro atoms. The molecule has 0 aliphatic heterocycles. The molecule has 2 rings (SSSR count). The summed E-state index contributed by atoms with van der Waals surface area (Å²) in [4.78, 5) is 39.8. The summed E-state index contributed by atoms with van der Waals surface area (Å²) in [6.07, 6.45) is 1.37. The van der Waals surface area contributed by atoms with Crippen molar-refractivity contribution in [2.24, 2.45) is 11.8 Å².